The number of hydrogen-bond acceptors (Lipinski definition) is 1. The molecule has 1 nitrogen and oxygen atoms in total. The van der Waals surface area contributed by atoms with E-state index >= 15 is 0 Å². The summed E-state index contributed by atoms with van der Waals surface area (Å²) in [5, 5.41) is 0. The van der Waals surface area contributed by atoms with Crippen LogP contribution in [0.2, 0.25) is 0 Å². The summed E-state index contributed by atoms with van der Waals surface area (Å²) in [4.78, 5) is 0. The summed E-state index contributed by atoms with van der Waals surface area (Å²) in [5.74, 6) is 0. The molecule has 0 atom stereocenters. The molecular formula is H3BInOZn. The van der Waals surface area contributed by atoms with Crippen LogP contribution in [0.1, 0.15) is 0 Å². The van der Waals surface area contributed by atoms with Crippen LogP contribution in [-0.2, 0) is 21.8 Å². The van der Waals surface area contributed by atoms with E-state index in [-0.39, 0.29) is 52.5 Å². The molecule has 4 heavy (non-hydrogen) atoms. The maximum atomic E-state index is 8.38. The molecule has 0 amide bonds. The van der Waals surface area contributed by atoms with Gasteiger partial charge in [-0.1, -0.05) is 0 Å². The van der Waals surface area contributed by atoms with Gasteiger partial charge in [-0.25, -0.2) is 0 Å². The van der Waals surface area contributed by atoms with Crippen LogP contribution in [0.25, 0.3) is 0 Å². The van der Waals surface area contributed by atoms with Crippen molar-refractivity contribution in [2.45, 2.75) is 0 Å². The fourth-order valence-electron chi connectivity index (χ4n) is 0. The molecule has 0 aromatic rings. The van der Waals surface area contributed by atoms with Crippen molar-refractivity contribution in [3.63, 3.8) is 0 Å². The zero-order valence-corrected chi connectivity index (χ0v) is 4.66. The molecule has 17 valence electrons. The van der Waals surface area contributed by atoms with Crippen LogP contribution in [0, 0.1) is 0 Å². The van der Waals surface area contributed by atoms with E-state index in [4.69, 9.17) is 3.57 Å². The van der Waals surface area contributed by atoms with Gasteiger partial charge in [-0.2, -0.15) is 0 Å². The second kappa shape index (κ2) is 26.6. The third-order valence-corrected chi connectivity index (χ3v) is 0. The van der Waals surface area contributed by atoms with Crippen LogP contribution in [0.15, 0.2) is 0 Å². The first-order chi connectivity index (χ1) is 1.00. The number of rotatable bonds is 0. The van der Waals surface area contributed by atoms with E-state index in [1.54, 1.807) is 0 Å². The van der Waals surface area contributed by atoms with Gasteiger partial charge in [0.2, 0.25) is 0 Å². The van der Waals surface area contributed by atoms with Crippen LogP contribution < -0.4 is 0 Å². The van der Waals surface area contributed by atoms with Gasteiger partial charge in [0.25, 0.3) is 0 Å². The van der Waals surface area contributed by atoms with Crippen molar-refractivity contribution >= 4 is 34.3 Å². The minimum atomic E-state index is 0. The summed E-state index contributed by atoms with van der Waals surface area (Å²) in [6, 6.07) is 0. The summed E-state index contributed by atoms with van der Waals surface area (Å²) in [6.45, 7) is 0. The molecule has 0 unspecified atom stereocenters. The van der Waals surface area contributed by atoms with E-state index < -0.39 is 0 Å². The van der Waals surface area contributed by atoms with Crippen molar-refractivity contribution in [2.24, 2.45) is 0 Å². The fraction of sp³-hybridized carbons (Fsp3) is 0. The Balaban J connectivity index is -0.00000000500. The molecule has 0 rings (SSSR count). The molecule has 4 heteroatoms. The number of hydrogen-bond donors (Lipinski definition) is 0. The molecule has 0 fully saturated rings. The van der Waals surface area contributed by atoms with Crippen LogP contribution in [0.4, 0.5) is 0 Å². The summed E-state index contributed by atoms with van der Waals surface area (Å²) in [7, 11) is 0. The normalized spacial score (nSPS) is 1.50. The molecule has 0 heterocycles. The first kappa shape index (κ1) is 18.3. The maximum absolute atomic E-state index is 8.38. The Morgan fingerprint density at radius 2 is 1.25 bits per heavy atom. The molecule has 3 radical (unpaired) electrons. The SMILES string of the molecule is [B].[InH3].[O]=[Zn]. The van der Waals surface area contributed by atoms with E-state index in [9.17, 15) is 0 Å². The van der Waals surface area contributed by atoms with Crippen molar-refractivity contribution in [1.82, 2.24) is 0 Å². The van der Waals surface area contributed by atoms with Crippen molar-refractivity contribution in [2.75, 3.05) is 0 Å². The summed E-state index contributed by atoms with van der Waals surface area (Å²) in [6.07, 6.45) is 0. The molecule has 0 saturated carbocycles. The quantitative estimate of drug-likeness (QED) is 0.436. The second-order valence-corrected chi connectivity index (χ2v) is 0. The molecule has 0 spiro atoms. The van der Waals surface area contributed by atoms with Gasteiger partial charge in [-0.3, -0.25) is 0 Å². The molecule has 0 aromatic heterocycles. The van der Waals surface area contributed by atoms with E-state index in [0.29, 0.717) is 0 Å². The van der Waals surface area contributed by atoms with Gasteiger partial charge < -0.3 is 0 Å². The molecule has 0 N–H and O–H groups in total. The van der Waals surface area contributed by atoms with Crippen LogP contribution in [0.3, 0.4) is 0 Å². The monoisotopic (exact) mass is 209 g/mol. The molecule has 0 saturated heterocycles. The standard InChI is InChI=1S/B.In.O.Zn.3H. The Morgan fingerprint density at radius 1 is 1.25 bits per heavy atom. The van der Waals surface area contributed by atoms with Gasteiger partial charge in [-0.15, -0.1) is 0 Å². The third kappa shape index (κ3) is 10.1. The van der Waals surface area contributed by atoms with Gasteiger partial charge >= 0.3 is 47.7 Å². The molecule has 0 aliphatic heterocycles. The van der Waals surface area contributed by atoms with E-state index in [1.165, 1.54) is 0 Å². The average Bonchev–Trinajstić information content (AvgIpc) is 1.00. The Bertz CT molecular complexity index is 8.00. The topological polar surface area (TPSA) is 17.1 Å². The van der Waals surface area contributed by atoms with Crippen molar-refractivity contribution in [1.29, 1.82) is 0 Å². The zero-order chi connectivity index (χ0) is 2.00. The predicted molar refractivity (Wildman–Crippen MR) is 16.4 cm³/mol. The third-order valence-electron chi connectivity index (χ3n) is 0. The first-order valence-corrected chi connectivity index (χ1v) is 1.50. The summed E-state index contributed by atoms with van der Waals surface area (Å²) in [5.41, 5.74) is 0. The van der Waals surface area contributed by atoms with E-state index in [2.05, 4.69) is 0 Å². The summed E-state index contributed by atoms with van der Waals surface area (Å²) < 4.78 is 8.38. The van der Waals surface area contributed by atoms with Gasteiger partial charge in [0.1, 0.15) is 0 Å². The van der Waals surface area contributed by atoms with Crippen molar-refractivity contribution in [3.8, 4) is 0 Å². The Kier molecular flexibility index (Phi) is 122. The second-order valence-electron chi connectivity index (χ2n) is 0. The van der Waals surface area contributed by atoms with Crippen LogP contribution in [-0.4, -0.2) is 34.3 Å². The zero-order valence-electron chi connectivity index (χ0n) is 1.69. The first-order valence-electron chi connectivity index (χ1n) is 0.289. The average molecular weight is 210 g/mol. The van der Waals surface area contributed by atoms with Crippen LogP contribution >= 0.6 is 0 Å². The molecule has 0 aliphatic carbocycles. The fourth-order valence-corrected chi connectivity index (χ4v) is 0. The molecule has 0 aliphatic rings. The molecule has 0 aromatic carbocycles. The molecule has 0 bridgehead atoms. The molecular weight excluding hydrogens is 207 g/mol. The predicted octanol–water partition coefficient (Wildman–Crippen LogP) is -1.69. The summed E-state index contributed by atoms with van der Waals surface area (Å²) >= 11 is 0.125. The van der Waals surface area contributed by atoms with Gasteiger partial charge in [0.05, 0.1) is 0 Å². The minimum absolute atomic E-state index is 0. The van der Waals surface area contributed by atoms with Gasteiger partial charge in [0, 0.05) is 8.41 Å². The van der Waals surface area contributed by atoms with E-state index in [0.717, 1.165) is 0 Å². The van der Waals surface area contributed by atoms with Crippen LogP contribution in [0.5, 0.6) is 0 Å². The van der Waals surface area contributed by atoms with E-state index in [1.807, 2.05) is 0 Å². The Morgan fingerprint density at radius 3 is 1.25 bits per heavy atom. The Hall–Kier alpha value is 1.36. The van der Waals surface area contributed by atoms with Crippen molar-refractivity contribution < 1.29 is 21.8 Å². The van der Waals surface area contributed by atoms with Gasteiger partial charge in [-0.05, 0) is 0 Å². The Labute approximate surface area is 55.8 Å². The van der Waals surface area contributed by atoms with Crippen molar-refractivity contribution in [3.05, 3.63) is 0 Å². The van der Waals surface area contributed by atoms with Gasteiger partial charge in [0.15, 0.2) is 0 Å².